The summed E-state index contributed by atoms with van der Waals surface area (Å²) in [7, 11) is 0. The molecule has 0 bridgehead atoms. The van der Waals surface area contributed by atoms with Gasteiger partial charge in [0.25, 0.3) is 0 Å². The maximum atomic E-state index is 10.7. The fourth-order valence-electron chi connectivity index (χ4n) is 1.67. The van der Waals surface area contributed by atoms with E-state index in [1.54, 1.807) is 0 Å². The second-order valence-corrected chi connectivity index (χ2v) is 9.27. The summed E-state index contributed by atoms with van der Waals surface area (Å²) < 4.78 is 3.85. The van der Waals surface area contributed by atoms with E-state index in [4.69, 9.17) is 0 Å². The molecule has 21 heavy (non-hydrogen) atoms. The van der Waals surface area contributed by atoms with Crippen LogP contribution in [-0.4, -0.2) is 40.6 Å². The minimum absolute atomic E-state index is 0.178. The van der Waals surface area contributed by atoms with Gasteiger partial charge in [0.15, 0.2) is 0 Å². The van der Waals surface area contributed by atoms with Gasteiger partial charge >= 0.3 is 140 Å². The van der Waals surface area contributed by atoms with Crippen LogP contribution in [0.15, 0.2) is 70.1 Å². The van der Waals surface area contributed by atoms with Crippen LogP contribution in [0.4, 0.5) is 0 Å². The van der Waals surface area contributed by atoms with Crippen molar-refractivity contribution in [2.45, 2.75) is 25.9 Å². The van der Waals surface area contributed by atoms with E-state index in [1.807, 2.05) is 26.0 Å². The molecule has 1 atom stereocenters. The number of rotatable bonds is 6. The van der Waals surface area contributed by atoms with Crippen LogP contribution in [0.25, 0.3) is 0 Å². The molecule has 2 aromatic rings. The fraction of sp³-hybridized carbons (Fsp3) is 0.222. The standard InChI is InChI=1S/C18H20OSe2/c1-3-18(2,19)17(21-16-12-8-5-9-13-16)14-20-15-10-6-4-7-11-15/h4-14,19H,3H2,1-2H3/b17-14-. The number of hydrogen-bond donors (Lipinski definition) is 1. The summed E-state index contributed by atoms with van der Waals surface area (Å²) in [5.74, 6) is 0. The molecule has 0 heterocycles. The quantitative estimate of drug-likeness (QED) is 0.723. The molecule has 3 heteroatoms. The van der Waals surface area contributed by atoms with Crippen LogP contribution < -0.4 is 8.92 Å². The van der Waals surface area contributed by atoms with E-state index in [2.05, 4.69) is 53.5 Å². The van der Waals surface area contributed by atoms with Crippen molar-refractivity contribution >= 4 is 38.8 Å². The Morgan fingerprint density at radius 1 is 1.00 bits per heavy atom. The number of hydrogen-bond acceptors (Lipinski definition) is 1. The summed E-state index contributed by atoms with van der Waals surface area (Å²) in [6.45, 7) is 3.98. The molecule has 2 aromatic carbocycles. The van der Waals surface area contributed by atoms with Crippen molar-refractivity contribution in [3.05, 3.63) is 70.1 Å². The van der Waals surface area contributed by atoms with Crippen LogP contribution in [0.5, 0.6) is 0 Å². The van der Waals surface area contributed by atoms with Crippen LogP contribution in [0.3, 0.4) is 0 Å². The first-order valence-corrected chi connectivity index (χ1v) is 10.6. The summed E-state index contributed by atoms with van der Waals surface area (Å²) in [5, 5.41) is 10.7. The van der Waals surface area contributed by atoms with Gasteiger partial charge in [0.2, 0.25) is 0 Å². The molecule has 2 rings (SSSR count). The SMILES string of the molecule is CCC(C)(O)/C(=C/[Se]c1ccccc1)[Se]c1ccccc1. The average molecular weight is 410 g/mol. The molecular weight excluding hydrogens is 390 g/mol. The molecule has 0 amide bonds. The molecule has 0 saturated carbocycles. The molecule has 0 aliphatic carbocycles. The molecular formula is C18H20OSe2. The van der Waals surface area contributed by atoms with Gasteiger partial charge in [0, 0.05) is 0 Å². The molecule has 110 valence electrons. The summed E-state index contributed by atoms with van der Waals surface area (Å²) in [6.07, 6.45) is 0.748. The third-order valence-electron chi connectivity index (χ3n) is 3.24. The van der Waals surface area contributed by atoms with Crippen molar-refractivity contribution in [2.75, 3.05) is 0 Å². The second-order valence-electron chi connectivity index (χ2n) is 4.96. The minimum atomic E-state index is -0.702. The van der Waals surface area contributed by atoms with E-state index in [9.17, 15) is 5.11 Å². The first kappa shape index (κ1) is 16.5. The van der Waals surface area contributed by atoms with Crippen LogP contribution >= 0.6 is 0 Å². The van der Waals surface area contributed by atoms with Gasteiger partial charge in [-0.2, -0.15) is 0 Å². The third kappa shape index (κ3) is 5.14. The topological polar surface area (TPSA) is 20.2 Å². The Morgan fingerprint density at radius 3 is 2.05 bits per heavy atom. The van der Waals surface area contributed by atoms with E-state index < -0.39 is 5.60 Å². The summed E-state index contributed by atoms with van der Waals surface area (Å²) >= 11 is 0.448. The van der Waals surface area contributed by atoms with Crippen LogP contribution in [0.2, 0.25) is 0 Å². The fourth-order valence-corrected chi connectivity index (χ4v) is 6.44. The van der Waals surface area contributed by atoms with E-state index in [-0.39, 0.29) is 29.9 Å². The third-order valence-corrected chi connectivity index (χ3v) is 8.57. The van der Waals surface area contributed by atoms with Gasteiger partial charge in [-0.25, -0.2) is 0 Å². The zero-order valence-electron chi connectivity index (χ0n) is 12.3. The van der Waals surface area contributed by atoms with Crippen molar-refractivity contribution in [1.82, 2.24) is 0 Å². The van der Waals surface area contributed by atoms with Gasteiger partial charge in [0.05, 0.1) is 0 Å². The van der Waals surface area contributed by atoms with Gasteiger partial charge < -0.3 is 0 Å². The molecule has 1 nitrogen and oxygen atoms in total. The second kappa shape index (κ2) is 7.98. The van der Waals surface area contributed by atoms with Crippen LogP contribution in [-0.2, 0) is 0 Å². The van der Waals surface area contributed by atoms with E-state index in [0.717, 1.165) is 6.42 Å². The van der Waals surface area contributed by atoms with Crippen molar-refractivity contribution in [3.8, 4) is 0 Å². The Bertz CT molecular complexity index is 577. The molecule has 0 radical (unpaired) electrons. The Morgan fingerprint density at radius 2 is 1.52 bits per heavy atom. The molecule has 0 aliphatic rings. The van der Waals surface area contributed by atoms with E-state index in [1.165, 1.54) is 13.4 Å². The van der Waals surface area contributed by atoms with E-state index >= 15 is 0 Å². The first-order valence-electron chi connectivity index (χ1n) is 6.99. The normalized spacial score (nSPS) is 14.7. The van der Waals surface area contributed by atoms with Gasteiger partial charge in [-0.1, -0.05) is 0 Å². The molecule has 1 unspecified atom stereocenters. The molecule has 1 N–H and O–H groups in total. The van der Waals surface area contributed by atoms with Gasteiger partial charge in [-0.15, -0.1) is 0 Å². The summed E-state index contributed by atoms with van der Waals surface area (Å²) in [4.78, 5) is 2.28. The predicted octanol–water partition coefficient (Wildman–Crippen LogP) is 2.05. The molecule has 0 fully saturated rings. The Labute approximate surface area is 139 Å². The van der Waals surface area contributed by atoms with Crippen molar-refractivity contribution in [1.29, 1.82) is 0 Å². The Hall–Kier alpha value is -0.821. The van der Waals surface area contributed by atoms with Crippen molar-refractivity contribution in [3.63, 3.8) is 0 Å². The zero-order chi connectivity index (χ0) is 15.1. The number of benzene rings is 2. The van der Waals surface area contributed by atoms with E-state index in [0.29, 0.717) is 0 Å². The van der Waals surface area contributed by atoms with Crippen molar-refractivity contribution < 1.29 is 5.11 Å². The van der Waals surface area contributed by atoms with Crippen molar-refractivity contribution in [2.24, 2.45) is 0 Å². The van der Waals surface area contributed by atoms with Gasteiger partial charge in [-0.05, 0) is 0 Å². The summed E-state index contributed by atoms with van der Waals surface area (Å²) in [5.41, 5.74) is -0.702. The Balaban J connectivity index is 2.20. The molecule has 0 saturated heterocycles. The van der Waals surface area contributed by atoms with Gasteiger partial charge in [-0.3, -0.25) is 0 Å². The molecule has 0 spiro atoms. The summed E-state index contributed by atoms with van der Waals surface area (Å²) in [6, 6.07) is 21.0. The first-order chi connectivity index (χ1) is 10.1. The molecule has 0 aromatic heterocycles. The Kier molecular flexibility index (Phi) is 6.29. The monoisotopic (exact) mass is 412 g/mol. The van der Waals surface area contributed by atoms with Crippen LogP contribution in [0.1, 0.15) is 20.3 Å². The van der Waals surface area contributed by atoms with Gasteiger partial charge in [0.1, 0.15) is 0 Å². The number of aliphatic hydroxyl groups is 1. The average Bonchev–Trinajstić information content (AvgIpc) is 2.53. The molecule has 0 aliphatic heterocycles. The predicted molar refractivity (Wildman–Crippen MR) is 92.7 cm³/mol. The zero-order valence-corrected chi connectivity index (χ0v) is 15.7. The van der Waals surface area contributed by atoms with Crippen LogP contribution in [0, 0.1) is 0 Å². The maximum absolute atomic E-state index is 10.7.